The van der Waals surface area contributed by atoms with Gasteiger partial charge in [0.15, 0.2) is 0 Å². The third-order valence-electron chi connectivity index (χ3n) is 2.93. The van der Waals surface area contributed by atoms with Crippen LogP contribution in [0.15, 0.2) is 24.3 Å². The molecule has 19 heavy (non-hydrogen) atoms. The molecule has 0 aliphatic rings. The van der Waals surface area contributed by atoms with Gasteiger partial charge in [-0.2, -0.15) is 5.26 Å². The molecule has 1 rings (SSSR count). The highest BCUT2D eigenvalue weighted by atomic mass is 16.2. The van der Waals surface area contributed by atoms with Crippen LogP contribution in [0.5, 0.6) is 0 Å². The molecule has 102 valence electrons. The first-order valence-electron chi connectivity index (χ1n) is 6.53. The molecule has 0 saturated heterocycles. The van der Waals surface area contributed by atoms with Gasteiger partial charge in [0.1, 0.15) is 0 Å². The van der Waals surface area contributed by atoms with Crippen LogP contribution >= 0.6 is 0 Å². The van der Waals surface area contributed by atoms with Gasteiger partial charge in [-0.1, -0.05) is 19.1 Å². The van der Waals surface area contributed by atoms with E-state index in [4.69, 9.17) is 5.26 Å². The maximum absolute atomic E-state index is 12.0. The Hall–Kier alpha value is -1.86. The lowest BCUT2D eigenvalue weighted by Crippen LogP contribution is -2.34. The zero-order valence-electron chi connectivity index (χ0n) is 11.8. The van der Waals surface area contributed by atoms with Crippen molar-refractivity contribution in [2.24, 2.45) is 0 Å². The lowest BCUT2D eigenvalue weighted by molar-refractivity contribution is -0.130. The summed E-state index contributed by atoms with van der Waals surface area (Å²) >= 11 is 0. The Kier molecular flexibility index (Phi) is 6.04. The molecular weight excluding hydrogens is 238 g/mol. The Labute approximate surface area is 115 Å². The molecule has 1 atom stereocenters. The summed E-state index contributed by atoms with van der Waals surface area (Å²) in [4.78, 5) is 13.7. The Morgan fingerprint density at radius 1 is 1.53 bits per heavy atom. The predicted octanol–water partition coefficient (Wildman–Crippen LogP) is 1.90. The molecule has 4 nitrogen and oxygen atoms in total. The van der Waals surface area contributed by atoms with Gasteiger partial charge < -0.3 is 10.2 Å². The molecular formula is C15H21N3O. The van der Waals surface area contributed by atoms with Gasteiger partial charge in [0.2, 0.25) is 5.91 Å². The van der Waals surface area contributed by atoms with Crippen LogP contribution < -0.4 is 5.32 Å². The Morgan fingerprint density at radius 3 is 2.89 bits per heavy atom. The summed E-state index contributed by atoms with van der Waals surface area (Å²) in [5, 5.41) is 12.1. The Balaban J connectivity index is 2.56. The lowest BCUT2D eigenvalue weighted by atomic mass is 10.1. The standard InChI is InChI=1S/C15H21N3O/c1-4-17-12(2)8-15(19)18(3)11-14-7-5-6-13(9-14)10-16/h5-7,9,12,17H,4,8,11H2,1-3H3. The first kappa shape index (κ1) is 15.2. The van der Waals surface area contributed by atoms with Crippen molar-refractivity contribution in [1.29, 1.82) is 5.26 Å². The zero-order chi connectivity index (χ0) is 14.3. The van der Waals surface area contributed by atoms with E-state index in [9.17, 15) is 4.79 Å². The number of benzene rings is 1. The summed E-state index contributed by atoms with van der Waals surface area (Å²) in [6.45, 7) is 5.43. The maximum Gasteiger partial charge on any atom is 0.224 e. The molecule has 0 radical (unpaired) electrons. The number of carbonyl (C=O) groups excluding carboxylic acids is 1. The number of hydrogen-bond acceptors (Lipinski definition) is 3. The van der Waals surface area contributed by atoms with Gasteiger partial charge in [-0.25, -0.2) is 0 Å². The highest BCUT2D eigenvalue weighted by molar-refractivity contribution is 5.76. The molecule has 0 fully saturated rings. The molecule has 1 unspecified atom stereocenters. The van der Waals surface area contributed by atoms with Crippen LogP contribution in [0.2, 0.25) is 0 Å². The van der Waals surface area contributed by atoms with Gasteiger partial charge in [-0.05, 0) is 31.2 Å². The van der Waals surface area contributed by atoms with E-state index in [0.717, 1.165) is 12.1 Å². The molecule has 0 heterocycles. The summed E-state index contributed by atoms with van der Waals surface area (Å²) in [6.07, 6.45) is 0.488. The van der Waals surface area contributed by atoms with E-state index in [1.807, 2.05) is 32.0 Å². The molecule has 4 heteroatoms. The fourth-order valence-corrected chi connectivity index (χ4v) is 1.94. The summed E-state index contributed by atoms with van der Waals surface area (Å²) in [5.74, 6) is 0.107. The molecule has 0 aromatic heterocycles. The Bertz CT molecular complexity index is 465. The van der Waals surface area contributed by atoms with Crippen LogP contribution in [0.4, 0.5) is 0 Å². The summed E-state index contributed by atoms with van der Waals surface area (Å²) in [7, 11) is 1.79. The number of nitriles is 1. The third-order valence-corrected chi connectivity index (χ3v) is 2.93. The van der Waals surface area contributed by atoms with E-state index < -0.39 is 0 Å². The smallest absolute Gasteiger partial charge is 0.224 e. The molecule has 0 aliphatic carbocycles. The number of carbonyl (C=O) groups is 1. The van der Waals surface area contributed by atoms with Crippen molar-refractivity contribution in [2.45, 2.75) is 32.9 Å². The summed E-state index contributed by atoms with van der Waals surface area (Å²) < 4.78 is 0. The number of rotatable bonds is 6. The topological polar surface area (TPSA) is 56.1 Å². The normalized spacial score (nSPS) is 11.7. The van der Waals surface area contributed by atoms with Gasteiger partial charge in [0.25, 0.3) is 0 Å². The molecule has 1 amide bonds. The van der Waals surface area contributed by atoms with Crippen molar-refractivity contribution in [3.05, 3.63) is 35.4 Å². The van der Waals surface area contributed by atoms with E-state index in [1.165, 1.54) is 0 Å². The third kappa shape index (κ3) is 5.11. The average molecular weight is 259 g/mol. The van der Waals surface area contributed by atoms with Crippen LogP contribution in [0.1, 0.15) is 31.4 Å². The molecule has 0 aliphatic heterocycles. The van der Waals surface area contributed by atoms with Crippen molar-refractivity contribution >= 4 is 5.91 Å². The minimum absolute atomic E-state index is 0.107. The monoisotopic (exact) mass is 259 g/mol. The summed E-state index contributed by atoms with van der Waals surface area (Å²) in [5.41, 5.74) is 1.60. The first-order valence-corrected chi connectivity index (χ1v) is 6.53. The van der Waals surface area contributed by atoms with E-state index in [2.05, 4.69) is 11.4 Å². The minimum atomic E-state index is 0.107. The van der Waals surface area contributed by atoms with Crippen LogP contribution in [0, 0.1) is 11.3 Å². The zero-order valence-corrected chi connectivity index (χ0v) is 11.8. The SMILES string of the molecule is CCNC(C)CC(=O)N(C)Cc1cccc(C#N)c1. The first-order chi connectivity index (χ1) is 9.06. The number of nitrogens with one attached hydrogen (secondary N) is 1. The maximum atomic E-state index is 12.0. The van der Waals surface area contributed by atoms with Crippen LogP contribution in [0.3, 0.4) is 0 Å². The number of hydrogen-bond donors (Lipinski definition) is 1. The predicted molar refractivity (Wildman–Crippen MR) is 75.4 cm³/mol. The van der Waals surface area contributed by atoms with Gasteiger partial charge in [-0.3, -0.25) is 4.79 Å². The van der Waals surface area contributed by atoms with Crippen molar-refractivity contribution in [1.82, 2.24) is 10.2 Å². The molecule has 0 saturated carbocycles. The van der Waals surface area contributed by atoms with E-state index in [1.54, 1.807) is 18.0 Å². The summed E-state index contributed by atoms with van der Waals surface area (Å²) in [6, 6.07) is 9.64. The fraction of sp³-hybridized carbons (Fsp3) is 0.467. The van der Waals surface area contributed by atoms with Crippen LogP contribution in [0.25, 0.3) is 0 Å². The quantitative estimate of drug-likeness (QED) is 0.849. The second-order valence-corrected chi connectivity index (χ2v) is 4.72. The lowest BCUT2D eigenvalue weighted by Gasteiger charge is -2.20. The van der Waals surface area contributed by atoms with Crippen molar-refractivity contribution in [2.75, 3.05) is 13.6 Å². The molecule has 0 spiro atoms. The molecule has 0 bridgehead atoms. The Morgan fingerprint density at radius 2 is 2.26 bits per heavy atom. The second kappa shape index (κ2) is 7.55. The largest absolute Gasteiger partial charge is 0.341 e. The van der Waals surface area contributed by atoms with Gasteiger partial charge in [0, 0.05) is 26.1 Å². The van der Waals surface area contributed by atoms with Gasteiger partial charge >= 0.3 is 0 Å². The molecule has 1 aromatic carbocycles. The second-order valence-electron chi connectivity index (χ2n) is 4.72. The van der Waals surface area contributed by atoms with Crippen LogP contribution in [-0.4, -0.2) is 30.4 Å². The van der Waals surface area contributed by atoms with Crippen LogP contribution in [-0.2, 0) is 11.3 Å². The highest BCUT2D eigenvalue weighted by Crippen LogP contribution is 2.08. The van der Waals surface area contributed by atoms with Crippen molar-refractivity contribution in [3.8, 4) is 6.07 Å². The van der Waals surface area contributed by atoms with E-state index >= 15 is 0 Å². The number of amides is 1. The van der Waals surface area contributed by atoms with Crippen molar-refractivity contribution < 1.29 is 4.79 Å². The van der Waals surface area contributed by atoms with E-state index in [0.29, 0.717) is 18.5 Å². The highest BCUT2D eigenvalue weighted by Gasteiger charge is 2.13. The minimum Gasteiger partial charge on any atom is -0.341 e. The molecule has 1 N–H and O–H groups in total. The van der Waals surface area contributed by atoms with Gasteiger partial charge in [-0.15, -0.1) is 0 Å². The average Bonchev–Trinajstić information content (AvgIpc) is 2.39. The molecule has 1 aromatic rings. The fourth-order valence-electron chi connectivity index (χ4n) is 1.94. The van der Waals surface area contributed by atoms with E-state index in [-0.39, 0.29) is 11.9 Å². The number of nitrogens with zero attached hydrogens (tertiary/aromatic N) is 2. The van der Waals surface area contributed by atoms with Crippen molar-refractivity contribution in [3.63, 3.8) is 0 Å². The van der Waals surface area contributed by atoms with Gasteiger partial charge in [0.05, 0.1) is 11.6 Å².